The van der Waals surface area contributed by atoms with Crippen molar-refractivity contribution in [3.05, 3.63) is 52.6 Å². The molecule has 0 bridgehead atoms. The first kappa shape index (κ1) is 15.0. The van der Waals surface area contributed by atoms with E-state index in [9.17, 15) is 4.39 Å². The molecule has 1 heterocycles. The lowest BCUT2D eigenvalue weighted by Gasteiger charge is -2.19. The van der Waals surface area contributed by atoms with E-state index in [1.165, 1.54) is 12.1 Å². The molecule has 0 aliphatic carbocycles. The molecule has 0 radical (unpaired) electrons. The quantitative estimate of drug-likeness (QED) is 0.884. The highest BCUT2D eigenvalue weighted by molar-refractivity contribution is 6.31. The molecular weight excluding hydrogens is 277 g/mol. The number of rotatable bonds is 6. The minimum atomic E-state index is -0.314. The first-order chi connectivity index (χ1) is 9.60. The molecule has 20 heavy (non-hydrogen) atoms. The number of hydrogen-bond donors (Lipinski definition) is 1. The van der Waals surface area contributed by atoms with Gasteiger partial charge in [-0.15, -0.1) is 0 Å². The molecule has 0 spiro atoms. The molecular formula is C15H19ClFN3. The highest BCUT2D eigenvalue weighted by Gasteiger charge is 2.16. The van der Waals surface area contributed by atoms with Crippen LogP contribution in [0.3, 0.4) is 0 Å². The van der Waals surface area contributed by atoms with Gasteiger partial charge in [0.15, 0.2) is 0 Å². The first-order valence-electron chi connectivity index (χ1n) is 6.77. The highest BCUT2D eigenvalue weighted by Crippen LogP contribution is 2.26. The fraction of sp³-hybridized carbons (Fsp3) is 0.400. The van der Waals surface area contributed by atoms with Gasteiger partial charge in [0.1, 0.15) is 5.82 Å². The summed E-state index contributed by atoms with van der Waals surface area (Å²) in [6, 6.07) is 6.57. The van der Waals surface area contributed by atoms with Gasteiger partial charge in [-0.3, -0.25) is 4.68 Å². The summed E-state index contributed by atoms with van der Waals surface area (Å²) in [5, 5.41) is 8.29. The molecule has 2 aromatic rings. The van der Waals surface area contributed by atoms with Crippen molar-refractivity contribution in [2.75, 3.05) is 6.54 Å². The van der Waals surface area contributed by atoms with Crippen molar-refractivity contribution in [2.24, 2.45) is 7.05 Å². The Morgan fingerprint density at radius 3 is 2.80 bits per heavy atom. The molecule has 5 heteroatoms. The second-order valence-electron chi connectivity index (χ2n) is 4.86. The molecule has 1 N–H and O–H groups in total. The molecule has 2 rings (SSSR count). The molecule has 108 valence electrons. The number of hydrogen-bond acceptors (Lipinski definition) is 2. The van der Waals surface area contributed by atoms with Crippen LogP contribution in [0.25, 0.3) is 0 Å². The standard InChI is InChI=1S/C15H19ClFN3/c1-3-7-18-15(10-12-6-8-20(2)19-12)13-5-4-11(17)9-14(13)16/h4-6,8-9,15,18H,3,7,10H2,1-2H3. The van der Waals surface area contributed by atoms with Crippen LogP contribution < -0.4 is 5.32 Å². The van der Waals surface area contributed by atoms with Crippen molar-refractivity contribution in [3.8, 4) is 0 Å². The zero-order valence-corrected chi connectivity index (χ0v) is 12.5. The van der Waals surface area contributed by atoms with Crippen LogP contribution in [0.2, 0.25) is 5.02 Å². The minimum absolute atomic E-state index is 0.0398. The number of nitrogens with one attached hydrogen (secondary N) is 1. The van der Waals surface area contributed by atoms with Crippen LogP contribution in [0.5, 0.6) is 0 Å². The second-order valence-corrected chi connectivity index (χ2v) is 5.26. The SMILES string of the molecule is CCCNC(Cc1ccn(C)n1)c1ccc(F)cc1Cl. The zero-order valence-electron chi connectivity index (χ0n) is 11.7. The fourth-order valence-corrected chi connectivity index (χ4v) is 2.47. The van der Waals surface area contributed by atoms with Gasteiger partial charge in [0, 0.05) is 30.7 Å². The first-order valence-corrected chi connectivity index (χ1v) is 7.14. The number of aryl methyl sites for hydroxylation is 1. The maximum atomic E-state index is 13.2. The summed E-state index contributed by atoms with van der Waals surface area (Å²) >= 11 is 6.17. The summed E-state index contributed by atoms with van der Waals surface area (Å²) in [6.07, 6.45) is 3.67. The topological polar surface area (TPSA) is 29.9 Å². The van der Waals surface area contributed by atoms with E-state index >= 15 is 0 Å². The van der Waals surface area contributed by atoms with Crippen molar-refractivity contribution in [2.45, 2.75) is 25.8 Å². The Kier molecular flexibility index (Phi) is 5.15. The van der Waals surface area contributed by atoms with Crippen LogP contribution in [0, 0.1) is 5.82 Å². The Hall–Kier alpha value is -1.39. The summed E-state index contributed by atoms with van der Waals surface area (Å²) in [5.74, 6) is -0.314. The van der Waals surface area contributed by atoms with Crippen molar-refractivity contribution in [3.63, 3.8) is 0 Å². The van der Waals surface area contributed by atoms with E-state index in [1.54, 1.807) is 10.7 Å². The lowest BCUT2D eigenvalue weighted by molar-refractivity contribution is 0.520. The molecule has 1 unspecified atom stereocenters. The van der Waals surface area contributed by atoms with E-state index in [0.717, 1.165) is 30.6 Å². The lowest BCUT2D eigenvalue weighted by Crippen LogP contribution is -2.24. The molecule has 1 atom stereocenters. The Balaban J connectivity index is 2.22. The zero-order chi connectivity index (χ0) is 14.5. The van der Waals surface area contributed by atoms with Gasteiger partial charge in [-0.25, -0.2) is 4.39 Å². The van der Waals surface area contributed by atoms with E-state index < -0.39 is 0 Å². The van der Waals surface area contributed by atoms with Crippen LogP contribution in [-0.4, -0.2) is 16.3 Å². The van der Waals surface area contributed by atoms with Crippen molar-refractivity contribution in [1.29, 1.82) is 0 Å². The highest BCUT2D eigenvalue weighted by atomic mass is 35.5. The smallest absolute Gasteiger partial charge is 0.124 e. The fourth-order valence-electron chi connectivity index (χ4n) is 2.18. The van der Waals surface area contributed by atoms with Gasteiger partial charge in [0.25, 0.3) is 0 Å². The third-order valence-corrected chi connectivity index (χ3v) is 3.49. The largest absolute Gasteiger partial charge is 0.310 e. The van der Waals surface area contributed by atoms with E-state index in [4.69, 9.17) is 11.6 Å². The Morgan fingerprint density at radius 2 is 2.20 bits per heavy atom. The number of halogens is 2. The van der Waals surface area contributed by atoms with Gasteiger partial charge in [0.05, 0.1) is 5.69 Å². The predicted molar refractivity (Wildman–Crippen MR) is 79.4 cm³/mol. The number of benzene rings is 1. The lowest BCUT2D eigenvalue weighted by atomic mass is 10.0. The molecule has 1 aromatic carbocycles. The summed E-state index contributed by atoms with van der Waals surface area (Å²) in [4.78, 5) is 0. The maximum absolute atomic E-state index is 13.2. The monoisotopic (exact) mass is 295 g/mol. The molecule has 0 aliphatic rings. The molecule has 0 saturated carbocycles. The van der Waals surface area contributed by atoms with Crippen molar-refractivity contribution < 1.29 is 4.39 Å². The van der Waals surface area contributed by atoms with Gasteiger partial charge < -0.3 is 5.32 Å². The summed E-state index contributed by atoms with van der Waals surface area (Å²) in [5.41, 5.74) is 1.90. The number of aromatic nitrogens is 2. The average molecular weight is 296 g/mol. The minimum Gasteiger partial charge on any atom is -0.310 e. The van der Waals surface area contributed by atoms with Crippen LogP contribution in [0.1, 0.15) is 30.6 Å². The van der Waals surface area contributed by atoms with E-state index in [2.05, 4.69) is 17.3 Å². The van der Waals surface area contributed by atoms with Gasteiger partial charge in [-0.05, 0) is 36.7 Å². The Labute approximate surface area is 123 Å². The molecule has 0 fully saturated rings. The van der Waals surface area contributed by atoms with E-state index in [1.807, 2.05) is 19.3 Å². The van der Waals surface area contributed by atoms with E-state index in [-0.39, 0.29) is 11.9 Å². The van der Waals surface area contributed by atoms with Gasteiger partial charge in [-0.1, -0.05) is 24.6 Å². The molecule has 0 saturated heterocycles. The molecule has 0 aliphatic heterocycles. The Bertz CT molecular complexity index is 568. The number of nitrogens with zero attached hydrogens (tertiary/aromatic N) is 2. The van der Waals surface area contributed by atoms with Crippen LogP contribution in [0.4, 0.5) is 4.39 Å². The van der Waals surface area contributed by atoms with Gasteiger partial charge >= 0.3 is 0 Å². The third kappa shape index (κ3) is 3.81. The van der Waals surface area contributed by atoms with Crippen LogP contribution in [0.15, 0.2) is 30.5 Å². The maximum Gasteiger partial charge on any atom is 0.124 e. The van der Waals surface area contributed by atoms with Gasteiger partial charge in [0.2, 0.25) is 0 Å². The predicted octanol–water partition coefficient (Wildman–Crippen LogP) is 3.50. The molecule has 1 aromatic heterocycles. The summed E-state index contributed by atoms with van der Waals surface area (Å²) < 4.78 is 14.9. The third-order valence-electron chi connectivity index (χ3n) is 3.16. The summed E-state index contributed by atoms with van der Waals surface area (Å²) in [6.45, 7) is 2.99. The average Bonchev–Trinajstić information content (AvgIpc) is 2.80. The van der Waals surface area contributed by atoms with Crippen LogP contribution >= 0.6 is 11.6 Å². The van der Waals surface area contributed by atoms with E-state index in [0.29, 0.717) is 5.02 Å². The molecule has 3 nitrogen and oxygen atoms in total. The van der Waals surface area contributed by atoms with Crippen molar-refractivity contribution >= 4 is 11.6 Å². The molecule has 0 amide bonds. The Morgan fingerprint density at radius 1 is 1.40 bits per heavy atom. The summed E-state index contributed by atoms with van der Waals surface area (Å²) in [7, 11) is 1.89. The van der Waals surface area contributed by atoms with Crippen molar-refractivity contribution in [1.82, 2.24) is 15.1 Å². The van der Waals surface area contributed by atoms with Crippen LogP contribution in [-0.2, 0) is 13.5 Å². The second kappa shape index (κ2) is 6.86. The normalized spacial score (nSPS) is 12.6. The van der Waals surface area contributed by atoms with Gasteiger partial charge in [-0.2, -0.15) is 5.10 Å².